The first-order chi connectivity index (χ1) is 10.1. The maximum absolute atomic E-state index is 12.3. The van der Waals surface area contributed by atoms with Gasteiger partial charge in [-0.3, -0.25) is 9.71 Å². The van der Waals surface area contributed by atoms with E-state index in [1.165, 1.54) is 11.3 Å². The van der Waals surface area contributed by atoms with Crippen molar-refractivity contribution in [2.75, 3.05) is 4.72 Å². The number of benzene rings is 1. The minimum atomic E-state index is -3.58. The van der Waals surface area contributed by atoms with Gasteiger partial charge in [-0.25, -0.2) is 8.42 Å². The quantitative estimate of drug-likeness (QED) is 0.774. The Balaban J connectivity index is 1.93. The second-order valence-corrected chi connectivity index (χ2v) is 7.52. The molecule has 1 aromatic carbocycles. The molecule has 7 heteroatoms. The second-order valence-electron chi connectivity index (χ2n) is 4.44. The molecular weight excluding hydrogens is 306 g/mol. The molecule has 2 heterocycles. The van der Waals surface area contributed by atoms with E-state index in [0.29, 0.717) is 12.2 Å². The molecule has 0 radical (unpaired) electrons. The summed E-state index contributed by atoms with van der Waals surface area (Å²) in [5.41, 5.74) is 6.84. The molecule has 0 unspecified atom stereocenters. The highest BCUT2D eigenvalue weighted by molar-refractivity contribution is 7.94. The molecule has 0 saturated carbocycles. The van der Waals surface area contributed by atoms with E-state index in [0.717, 1.165) is 15.8 Å². The number of thiophene rings is 1. The lowest BCUT2D eigenvalue weighted by Crippen LogP contribution is -2.11. The molecule has 3 N–H and O–H groups in total. The van der Waals surface area contributed by atoms with Crippen LogP contribution in [0, 0.1) is 0 Å². The smallest absolute Gasteiger partial charge is 0.271 e. The van der Waals surface area contributed by atoms with Gasteiger partial charge in [0.1, 0.15) is 4.21 Å². The van der Waals surface area contributed by atoms with Gasteiger partial charge in [0.2, 0.25) is 0 Å². The second kappa shape index (κ2) is 5.44. The Morgan fingerprint density at radius 2 is 2.05 bits per heavy atom. The summed E-state index contributed by atoms with van der Waals surface area (Å²) in [6.45, 7) is 0.335. The summed E-state index contributed by atoms with van der Waals surface area (Å²) in [6, 6.07) is 12.2. The number of fused-ring (bicyclic) bond motifs is 1. The zero-order valence-electron chi connectivity index (χ0n) is 11.0. The third-order valence-corrected chi connectivity index (χ3v) is 5.94. The molecule has 0 saturated heterocycles. The molecule has 3 rings (SSSR count). The number of aromatic nitrogens is 1. The minimum Gasteiger partial charge on any atom is -0.326 e. The van der Waals surface area contributed by atoms with E-state index in [-0.39, 0.29) is 4.21 Å². The van der Waals surface area contributed by atoms with Crippen LogP contribution in [0.25, 0.3) is 10.9 Å². The zero-order chi connectivity index (χ0) is 14.9. The van der Waals surface area contributed by atoms with E-state index in [1.807, 2.05) is 12.1 Å². The van der Waals surface area contributed by atoms with Crippen LogP contribution in [0.15, 0.2) is 52.9 Å². The van der Waals surface area contributed by atoms with Crippen molar-refractivity contribution in [3.63, 3.8) is 0 Å². The van der Waals surface area contributed by atoms with Gasteiger partial charge in [-0.2, -0.15) is 0 Å². The van der Waals surface area contributed by atoms with Gasteiger partial charge in [0, 0.05) is 28.7 Å². The SMILES string of the molecule is NCc1ccc(S(=O)(=O)Nc2ccc3ncccc3c2)s1. The van der Waals surface area contributed by atoms with Crippen molar-refractivity contribution >= 4 is 38.0 Å². The summed E-state index contributed by atoms with van der Waals surface area (Å²) >= 11 is 1.17. The van der Waals surface area contributed by atoms with Crippen LogP contribution in [-0.4, -0.2) is 13.4 Å². The van der Waals surface area contributed by atoms with Gasteiger partial charge in [0.15, 0.2) is 0 Å². The molecule has 0 aliphatic heterocycles. The van der Waals surface area contributed by atoms with Crippen molar-refractivity contribution in [3.05, 3.63) is 53.5 Å². The van der Waals surface area contributed by atoms with Gasteiger partial charge in [-0.15, -0.1) is 11.3 Å². The first kappa shape index (κ1) is 14.0. The highest BCUT2D eigenvalue weighted by atomic mass is 32.2. The zero-order valence-corrected chi connectivity index (χ0v) is 12.6. The fourth-order valence-electron chi connectivity index (χ4n) is 1.96. The average molecular weight is 319 g/mol. The number of anilines is 1. The third kappa shape index (κ3) is 2.90. The Bertz CT molecular complexity index is 888. The van der Waals surface area contributed by atoms with Gasteiger partial charge >= 0.3 is 0 Å². The van der Waals surface area contributed by atoms with Crippen LogP contribution in [0.1, 0.15) is 4.88 Å². The summed E-state index contributed by atoms with van der Waals surface area (Å²) in [5.74, 6) is 0. The number of nitrogens with two attached hydrogens (primary N) is 1. The van der Waals surface area contributed by atoms with Crippen LogP contribution in [0.4, 0.5) is 5.69 Å². The van der Waals surface area contributed by atoms with E-state index in [9.17, 15) is 8.42 Å². The lowest BCUT2D eigenvalue weighted by atomic mass is 10.2. The minimum absolute atomic E-state index is 0.259. The van der Waals surface area contributed by atoms with Gasteiger partial charge in [-0.1, -0.05) is 6.07 Å². The van der Waals surface area contributed by atoms with Crippen molar-refractivity contribution in [1.82, 2.24) is 4.98 Å². The number of nitrogens with zero attached hydrogens (tertiary/aromatic N) is 1. The number of nitrogens with one attached hydrogen (secondary N) is 1. The number of hydrogen-bond donors (Lipinski definition) is 2. The van der Waals surface area contributed by atoms with Crippen molar-refractivity contribution in [1.29, 1.82) is 0 Å². The molecular formula is C14H13N3O2S2. The highest BCUT2D eigenvalue weighted by Crippen LogP contribution is 2.25. The Hall–Kier alpha value is -1.96. The van der Waals surface area contributed by atoms with Gasteiger partial charge in [0.05, 0.1) is 5.52 Å². The lowest BCUT2D eigenvalue weighted by molar-refractivity contribution is 0.603. The Morgan fingerprint density at radius 1 is 1.19 bits per heavy atom. The molecule has 3 aromatic rings. The number of hydrogen-bond acceptors (Lipinski definition) is 5. The maximum Gasteiger partial charge on any atom is 0.271 e. The fraction of sp³-hybridized carbons (Fsp3) is 0.0714. The summed E-state index contributed by atoms with van der Waals surface area (Å²) < 4.78 is 27.5. The molecule has 0 fully saturated rings. The van der Waals surface area contributed by atoms with Crippen molar-refractivity contribution in [2.24, 2.45) is 5.73 Å². The van der Waals surface area contributed by atoms with Gasteiger partial charge in [0.25, 0.3) is 10.0 Å². The van der Waals surface area contributed by atoms with Crippen LogP contribution in [0.3, 0.4) is 0 Å². The van der Waals surface area contributed by atoms with Crippen LogP contribution < -0.4 is 10.5 Å². The van der Waals surface area contributed by atoms with E-state index in [1.54, 1.807) is 36.5 Å². The van der Waals surface area contributed by atoms with E-state index >= 15 is 0 Å². The molecule has 0 amide bonds. The molecule has 108 valence electrons. The first-order valence-electron chi connectivity index (χ1n) is 6.25. The topological polar surface area (TPSA) is 85.1 Å². The summed E-state index contributed by atoms with van der Waals surface area (Å²) in [4.78, 5) is 5.03. The summed E-state index contributed by atoms with van der Waals surface area (Å²) in [5, 5.41) is 0.881. The van der Waals surface area contributed by atoms with Crippen molar-refractivity contribution in [3.8, 4) is 0 Å². The molecule has 0 aliphatic carbocycles. The van der Waals surface area contributed by atoms with E-state index < -0.39 is 10.0 Å². The molecule has 0 bridgehead atoms. The number of rotatable bonds is 4. The van der Waals surface area contributed by atoms with Crippen LogP contribution in [0.5, 0.6) is 0 Å². The van der Waals surface area contributed by atoms with Crippen molar-refractivity contribution in [2.45, 2.75) is 10.8 Å². The highest BCUT2D eigenvalue weighted by Gasteiger charge is 2.16. The van der Waals surface area contributed by atoms with E-state index in [2.05, 4.69) is 9.71 Å². The third-order valence-electron chi connectivity index (χ3n) is 2.96. The largest absolute Gasteiger partial charge is 0.326 e. The summed E-state index contributed by atoms with van der Waals surface area (Å²) in [6.07, 6.45) is 1.70. The van der Waals surface area contributed by atoms with Gasteiger partial charge in [-0.05, 0) is 36.4 Å². The molecule has 5 nitrogen and oxygen atoms in total. The Labute approximate surface area is 126 Å². The standard InChI is InChI=1S/C14H13N3O2S2/c15-9-12-4-6-14(20-12)21(18,19)17-11-3-5-13-10(8-11)2-1-7-16-13/h1-8,17H,9,15H2. The van der Waals surface area contributed by atoms with Crippen molar-refractivity contribution < 1.29 is 8.42 Å². The van der Waals surface area contributed by atoms with Crippen LogP contribution in [-0.2, 0) is 16.6 Å². The molecule has 21 heavy (non-hydrogen) atoms. The molecule has 2 aromatic heterocycles. The Kier molecular flexibility index (Phi) is 3.62. The normalized spacial score (nSPS) is 11.7. The fourth-order valence-corrected chi connectivity index (χ4v) is 4.24. The number of sulfonamides is 1. The summed E-state index contributed by atoms with van der Waals surface area (Å²) in [7, 11) is -3.58. The predicted octanol–water partition coefficient (Wildman–Crippen LogP) is 2.56. The molecule has 0 aliphatic rings. The van der Waals surface area contributed by atoms with Crippen LogP contribution >= 0.6 is 11.3 Å². The first-order valence-corrected chi connectivity index (χ1v) is 8.55. The predicted molar refractivity (Wildman–Crippen MR) is 84.8 cm³/mol. The van der Waals surface area contributed by atoms with E-state index in [4.69, 9.17) is 5.73 Å². The number of pyridine rings is 1. The monoisotopic (exact) mass is 319 g/mol. The Morgan fingerprint density at radius 3 is 2.81 bits per heavy atom. The van der Waals surface area contributed by atoms with Crippen LogP contribution in [0.2, 0.25) is 0 Å². The maximum atomic E-state index is 12.3. The molecule has 0 spiro atoms. The molecule has 0 atom stereocenters. The average Bonchev–Trinajstić information content (AvgIpc) is 2.96. The lowest BCUT2D eigenvalue weighted by Gasteiger charge is -2.07. The van der Waals surface area contributed by atoms with Gasteiger partial charge < -0.3 is 5.73 Å².